The molecule has 2 aromatic heterocycles. The van der Waals surface area contributed by atoms with Crippen molar-refractivity contribution in [1.82, 2.24) is 20.2 Å². The number of benzene rings is 1. The summed E-state index contributed by atoms with van der Waals surface area (Å²) in [4.78, 5) is 8.49. The minimum absolute atomic E-state index is 0.0410. The zero-order valence-corrected chi connectivity index (χ0v) is 11.1. The second-order valence-corrected chi connectivity index (χ2v) is 4.94. The molecule has 0 radical (unpaired) electrons. The number of fused-ring (bicyclic) bond motifs is 1. The van der Waals surface area contributed by atoms with Gasteiger partial charge in [-0.15, -0.1) is 5.10 Å². The van der Waals surface area contributed by atoms with Crippen LogP contribution in [0, 0.1) is 5.41 Å². The minimum atomic E-state index is -0.0410. The predicted octanol–water partition coefficient (Wildman–Crippen LogP) is 1.86. The van der Waals surface area contributed by atoms with Crippen LogP contribution in [0.1, 0.15) is 5.56 Å². The van der Waals surface area contributed by atoms with E-state index in [-0.39, 0.29) is 5.84 Å². The Balaban J connectivity index is 2.08. The second-order valence-electron chi connectivity index (χ2n) is 3.96. The van der Waals surface area contributed by atoms with Crippen molar-refractivity contribution in [2.45, 2.75) is 10.1 Å². The number of nitrogens with one attached hydrogen (secondary N) is 1. The van der Waals surface area contributed by atoms with Gasteiger partial charge in [-0.2, -0.15) is 5.10 Å². The number of hydrogen-bond donors (Lipinski definition) is 2. The maximum absolute atomic E-state index is 7.57. The molecule has 6 nitrogen and oxygen atoms in total. The summed E-state index contributed by atoms with van der Waals surface area (Å²) in [7, 11) is 0. The lowest BCUT2D eigenvalue weighted by molar-refractivity contribution is 0.918. The van der Waals surface area contributed by atoms with Crippen molar-refractivity contribution in [2.24, 2.45) is 5.73 Å². The summed E-state index contributed by atoms with van der Waals surface area (Å²) < 4.78 is 0. The summed E-state index contributed by atoms with van der Waals surface area (Å²) in [6.07, 6.45) is 3.02. The van der Waals surface area contributed by atoms with Crippen LogP contribution in [0.3, 0.4) is 0 Å². The van der Waals surface area contributed by atoms with Gasteiger partial charge < -0.3 is 5.73 Å². The van der Waals surface area contributed by atoms with Crippen LogP contribution in [-0.2, 0) is 0 Å². The third-order valence-corrected chi connectivity index (χ3v) is 3.69. The summed E-state index contributed by atoms with van der Waals surface area (Å²) in [6, 6.07) is 9.39. The molecular weight excluding hydrogens is 272 g/mol. The molecule has 0 aliphatic carbocycles. The van der Waals surface area contributed by atoms with Gasteiger partial charge >= 0.3 is 0 Å². The Labute approximate surface area is 119 Å². The molecule has 0 bridgehead atoms. The summed E-state index contributed by atoms with van der Waals surface area (Å²) in [6.45, 7) is 0. The summed E-state index contributed by atoms with van der Waals surface area (Å²) in [5.41, 5.74) is 6.96. The van der Waals surface area contributed by atoms with Crippen LogP contribution in [0.15, 0.2) is 52.9 Å². The van der Waals surface area contributed by atoms with E-state index in [4.69, 9.17) is 11.1 Å². The first-order valence-electron chi connectivity index (χ1n) is 5.79. The van der Waals surface area contributed by atoms with Crippen molar-refractivity contribution in [3.63, 3.8) is 0 Å². The zero-order chi connectivity index (χ0) is 13.9. The van der Waals surface area contributed by atoms with Crippen LogP contribution in [0.2, 0.25) is 0 Å². The van der Waals surface area contributed by atoms with E-state index in [1.165, 1.54) is 24.3 Å². The van der Waals surface area contributed by atoms with Crippen LogP contribution in [0.5, 0.6) is 0 Å². The number of nitrogen functional groups attached to an aromatic ring is 1. The molecule has 3 rings (SSSR count). The number of aromatic nitrogens is 4. The molecule has 0 saturated carbocycles. The Morgan fingerprint density at radius 1 is 1.10 bits per heavy atom. The van der Waals surface area contributed by atoms with Crippen molar-refractivity contribution in [3.05, 3.63) is 48.4 Å². The molecule has 98 valence electrons. The SMILES string of the molecule is N=C(N)c1ccnnc1Sc1ncnc2ccccc12. The largest absolute Gasteiger partial charge is 0.384 e. The molecule has 0 fully saturated rings. The van der Waals surface area contributed by atoms with E-state index < -0.39 is 0 Å². The fraction of sp³-hybridized carbons (Fsp3) is 0. The number of rotatable bonds is 3. The monoisotopic (exact) mass is 282 g/mol. The molecule has 0 aliphatic rings. The predicted molar refractivity (Wildman–Crippen MR) is 76.7 cm³/mol. The molecule has 3 aromatic rings. The molecule has 20 heavy (non-hydrogen) atoms. The fourth-order valence-corrected chi connectivity index (χ4v) is 2.69. The van der Waals surface area contributed by atoms with Gasteiger partial charge in [-0.05, 0) is 23.9 Å². The van der Waals surface area contributed by atoms with Crippen molar-refractivity contribution in [2.75, 3.05) is 0 Å². The van der Waals surface area contributed by atoms with Gasteiger partial charge in [-0.3, -0.25) is 5.41 Å². The lowest BCUT2D eigenvalue weighted by Gasteiger charge is -2.06. The van der Waals surface area contributed by atoms with Gasteiger partial charge in [0.25, 0.3) is 0 Å². The highest BCUT2D eigenvalue weighted by Gasteiger charge is 2.12. The topological polar surface area (TPSA) is 101 Å². The third kappa shape index (κ3) is 2.30. The lowest BCUT2D eigenvalue weighted by Crippen LogP contribution is -2.13. The standard InChI is InChI=1S/C13H10N6S/c14-11(15)9-5-6-18-19-13(9)20-12-8-3-1-2-4-10(8)16-7-17-12/h1-7H,(H3,14,15). The maximum Gasteiger partial charge on any atom is 0.136 e. The Kier molecular flexibility index (Phi) is 3.26. The van der Waals surface area contributed by atoms with E-state index in [0.717, 1.165) is 15.9 Å². The van der Waals surface area contributed by atoms with Gasteiger partial charge in [0, 0.05) is 5.39 Å². The first-order valence-corrected chi connectivity index (χ1v) is 6.61. The Morgan fingerprint density at radius 3 is 2.80 bits per heavy atom. The average Bonchev–Trinajstić information content (AvgIpc) is 2.48. The highest BCUT2D eigenvalue weighted by molar-refractivity contribution is 7.99. The number of hydrogen-bond acceptors (Lipinski definition) is 6. The van der Waals surface area contributed by atoms with E-state index in [1.54, 1.807) is 6.07 Å². The van der Waals surface area contributed by atoms with Crippen molar-refractivity contribution in [3.8, 4) is 0 Å². The van der Waals surface area contributed by atoms with Crippen LogP contribution in [-0.4, -0.2) is 26.0 Å². The molecule has 0 unspecified atom stereocenters. The van der Waals surface area contributed by atoms with Gasteiger partial charge in [0.05, 0.1) is 17.3 Å². The van der Waals surface area contributed by atoms with Gasteiger partial charge in [0.15, 0.2) is 0 Å². The summed E-state index contributed by atoms with van der Waals surface area (Å²) in [5, 5.41) is 17.7. The number of nitrogens with zero attached hydrogens (tertiary/aromatic N) is 4. The Hall–Kier alpha value is -2.54. The number of amidine groups is 1. The van der Waals surface area contributed by atoms with Crippen LogP contribution < -0.4 is 5.73 Å². The van der Waals surface area contributed by atoms with Gasteiger partial charge in [0.1, 0.15) is 22.2 Å². The first kappa shape index (κ1) is 12.5. The number of nitrogens with two attached hydrogens (primary N) is 1. The molecule has 0 atom stereocenters. The molecule has 3 N–H and O–H groups in total. The van der Waals surface area contributed by atoms with Crippen molar-refractivity contribution in [1.29, 1.82) is 5.41 Å². The van der Waals surface area contributed by atoms with Crippen LogP contribution in [0.4, 0.5) is 0 Å². The van der Waals surface area contributed by atoms with Crippen LogP contribution >= 0.6 is 11.8 Å². The molecule has 2 heterocycles. The van der Waals surface area contributed by atoms with E-state index in [1.807, 2.05) is 24.3 Å². The molecule has 0 spiro atoms. The van der Waals surface area contributed by atoms with E-state index in [9.17, 15) is 0 Å². The zero-order valence-electron chi connectivity index (χ0n) is 10.3. The molecule has 0 saturated heterocycles. The minimum Gasteiger partial charge on any atom is -0.384 e. The van der Waals surface area contributed by atoms with Crippen molar-refractivity contribution >= 4 is 28.5 Å². The Bertz CT molecular complexity index is 783. The normalized spacial score (nSPS) is 10.6. The summed E-state index contributed by atoms with van der Waals surface area (Å²) >= 11 is 1.33. The van der Waals surface area contributed by atoms with E-state index >= 15 is 0 Å². The molecule has 1 aromatic carbocycles. The average molecular weight is 282 g/mol. The van der Waals surface area contributed by atoms with Crippen molar-refractivity contribution < 1.29 is 0 Å². The second kappa shape index (κ2) is 5.22. The van der Waals surface area contributed by atoms with E-state index in [0.29, 0.717) is 10.6 Å². The van der Waals surface area contributed by atoms with Gasteiger partial charge in [-0.1, -0.05) is 18.2 Å². The van der Waals surface area contributed by atoms with Gasteiger partial charge in [-0.25, -0.2) is 9.97 Å². The molecular formula is C13H10N6S. The smallest absolute Gasteiger partial charge is 0.136 e. The fourth-order valence-electron chi connectivity index (χ4n) is 1.75. The quantitative estimate of drug-likeness (QED) is 0.432. The lowest BCUT2D eigenvalue weighted by atomic mass is 10.2. The van der Waals surface area contributed by atoms with E-state index in [2.05, 4.69) is 20.2 Å². The highest BCUT2D eigenvalue weighted by atomic mass is 32.2. The van der Waals surface area contributed by atoms with Gasteiger partial charge in [0.2, 0.25) is 0 Å². The molecule has 7 heteroatoms. The third-order valence-electron chi connectivity index (χ3n) is 2.68. The first-order chi connectivity index (χ1) is 9.75. The maximum atomic E-state index is 7.57. The number of para-hydroxylation sites is 1. The Morgan fingerprint density at radius 2 is 1.95 bits per heavy atom. The molecule has 0 amide bonds. The van der Waals surface area contributed by atoms with Crippen LogP contribution in [0.25, 0.3) is 10.9 Å². The summed E-state index contributed by atoms with van der Waals surface area (Å²) in [5.74, 6) is -0.0410. The highest BCUT2D eigenvalue weighted by Crippen LogP contribution is 2.30. The molecule has 0 aliphatic heterocycles.